The molecule has 0 radical (unpaired) electrons. The van der Waals surface area contributed by atoms with Gasteiger partial charge in [-0.15, -0.1) is 32.9 Å². The van der Waals surface area contributed by atoms with Gasteiger partial charge in [0.25, 0.3) is 11.8 Å². The van der Waals surface area contributed by atoms with Crippen molar-refractivity contribution in [1.82, 2.24) is 10.2 Å². The summed E-state index contributed by atoms with van der Waals surface area (Å²) in [6.07, 6.45) is -0.578. The highest BCUT2D eigenvalue weighted by atomic mass is 32.1. The van der Waals surface area contributed by atoms with E-state index in [1.807, 2.05) is 22.9 Å². The van der Waals surface area contributed by atoms with Crippen molar-refractivity contribution in [3.05, 3.63) is 45.8 Å². The largest absolute Gasteiger partial charge is 0.448 e. The maximum absolute atomic E-state index is 11.8. The van der Waals surface area contributed by atoms with E-state index in [0.29, 0.717) is 16.7 Å². The van der Waals surface area contributed by atoms with E-state index in [4.69, 9.17) is 9.15 Å². The van der Waals surface area contributed by atoms with Crippen molar-refractivity contribution in [2.75, 3.05) is 0 Å². The monoisotopic (exact) mass is 306 g/mol. The summed E-state index contributed by atoms with van der Waals surface area (Å²) < 4.78 is 10.8. The lowest BCUT2D eigenvalue weighted by Gasteiger charge is -2.07. The first kappa shape index (κ1) is 13.0. The van der Waals surface area contributed by atoms with Crippen LogP contribution >= 0.6 is 22.7 Å². The fourth-order valence-electron chi connectivity index (χ4n) is 1.56. The molecule has 0 aliphatic heterocycles. The van der Waals surface area contributed by atoms with Crippen molar-refractivity contribution >= 4 is 28.6 Å². The van der Waals surface area contributed by atoms with Crippen LogP contribution in [0, 0.1) is 0 Å². The number of ether oxygens (including phenoxy) is 1. The zero-order valence-electron chi connectivity index (χ0n) is 10.5. The number of thiophene rings is 2. The molecule has 5 nitrogen and oxygen atoms in total. The van der Waals surface area contributed by atoms with Crippen LogP contribution in [0.15, 0.2) is 39.4 Å². The maximum Gasteiger partial charge on any atom is 0.349 e. The summed E-state index contributed by atoms with van der Waals surface area (Å²) in [5.74, 6) is 0.343. The van der Waals surface area contributed by atoms with Gasteiger partial charge in [-0.05, 0) is 29.8 Å². The minimum absolute atomic E-state index is 0.290. The van der Waals surface area contributed by atoms with Crippen LogP contribution in [0.3, 0.4) is 0 Å². The number of carbonyl (C=O) groups excluding carboxylic acids is 1. The molecule has 0 saturated heterocycles. The molecule has 102 valence electrons. The Bertz CT molecular complexity index is 689. The Kier molecular flexibility index (Phi) is 3.62. The number of hydrogen-bond acceptors (Lipinski definition) is 7. The van der Waals surface area contributed by atoms with Crippen LogP contribution in [0.1, 0.15) is 28.6 Å². The van der Waals surface area contributed by atoms with Gasteiger partial charge in [-0.2, -0.15) is 0 Å². The van der Waals surface area contributed by atoms with Gasteiger partial charge in [-0.3, -0.25) is 0 Å². The quantitative estimate of drug-likeness (QED) is 0.686. The van der Waals surface area contributed by atoms with Crippen molar-refractivity contribution in [3.63, 3.8) is 0 Å². The summed E-state index contributed by atoms with van der Waals surface area (Å²) in [5.41, 5.74) is 0. The van der Waals surface area contributed by atoms with Gasteiger partial charge in [0, 0.05) is 0 Å². The Morgan fingerprint density at radius 1 is 1.25 bits per heavy atom. The standard InChI is InChI=1S/C13H10N2O3S2/c1-8(17-13(16)10-5-3-7-20-10)11-14-15-12(18-11)9-4-2-6-19-9/h2-8H,1H3/t8-/m0/s1. The Labute approximate surface area is 122 Å². The van der Waals surface area contributed by atoms with Gasteiger partial charge in [0.05, 0.1) is 4.88 Å². The lowest BCUT2D eigenvalue weighted by Crippen LogP contribution is -2.08. The van der Waals surface area contributed by atoms with Gasteiger partial charge < -0.3 is 9.15 Å². The molecule has 0 saturated carbocycles. The van der Waals surface area contributed by atoms with Crippen LogP contribution < -0.4 is 0 Å². The predicted molar refractivity (Wildman–Crippen MR) is 75.8 cm³/mol. The summed E-state index contributed by atoms with van der Waals surface area (Å²) >= 11 is 2.84. The Morgan fingerprint density at radius 3 is 2.75 bits per heavy atom. The molecule has 7 heteroatoms. The lowest BCUT2D eigenvalue weighted by atomic mass is 10.4. The van der Waals surface area contributed by atoms with Gasteiger partial charge in [-0.25, -0.2) is 4.79 Å². The van der Waals surface area contributed by atoms with Crippen LogP contribution in [0.4, 0.5) is 0 Å². The number of aromatic nitrogens is 2. The molecule has 0 aliphatic carbocycles. The van der Waals surface area contributed by atoms with E-state index < -0.39 is 6.10 Å². The highest BCUT2D eigenvalue weighted by molar-refractivity contribution is 7.13. The lowest BCUT2D eigenvalue weighted by molar-refractivity contribution is 0.0286. The molecule has 3 aromatic heterocycles. The number of nitrogens with zero attached hydrogens (tertiary/aromatic N) is 2. The predicted octanol–water partition coefficient (Wildman–Crippen LogP) is 3.78. The first-order valence-corrected chi connectivity index (χ1v) is 7.62. The Balaban J connectivity index is 1.71. The molecule has 0 amide bonds. The SMILES string of the molecule is C[C@H](OC(=O)c1cccs1)c1nnc(-c2cccs2)o1. The van der Waals surface area contributed by atoms with Gasteiger partial charge >= 0.3 is 5.97 Å². The van der Waals surface area contributed by atoms with Gasteiger partial charge in [0.1, 0.15) is 4.88 Å². The Morgan fingerprint density at radius 2 is 2.05 bits per heavy atom. The normalized spacial score (nSPS) is 12.2. The van der Waals surface area contributed by atoms with Gasteiger partial charge in [0.2, 0.25) is 0 Å². The summed E-state index contributed by atoms with van der Waals surface area (Å²) in [4.78, 5) is 13.3. The van der Waals surface area contributed by atoms with Crippen LogP contribution in [0.5, 0.6) is 0 Å². The molecule has 0 N–H and O–H groups in total. The molecule has 0 unspecified atom stereocenters. The summed E-state index contributed by atoms with van der Waals surface area (Å²) in [7, 11) is 0. The van der Waals surface area contributed by atoms with E-state index in [2.05, 4.69) is 10.2 Å². The zero-order valence-corrected chi connectivity index (χ0v) is 12.1. The third kappa shape index (κ3) is 2.63. The third-order valence-corrected chi connectivity index (χ3v) is 4.23. The van der Waals surface area contributed by atoms with E-state index in [1.54, 1.807) is 19.1 Å². The summed E-state index contributed by atoms with van der Waals surface area (Å²) in [6.45, 7) is 1.71. The van der Waals surface area contributed by atoms with E-state index in [0.717, 1.165) is 4.88 Å². The minimum atomic E-state index is -0.578. The fourth-order valence-corrected chi connectivity index (χ4v) is 2.81. The zero-order chi connectivity index (χ0) is 13.9. The van der Waals surface area contributed by atoms with Crippen LogP contribution in [0.2, 0.25) is 0 Å². The van der Waals surface area contributed by atoms with Crippen molar-refractivity contribution in [3.8, 4) is 10.8 Å². The molecule has 0 aromatic carbocycles. The van der Waals surface area contributed by atoms with Crippen LogP contribution in [0.25, 0.3) is 10.8 Å². The van der Waals surface area contributed by atoms with E-state index in [-0.39, 0.29) is 5.97 Å². The van der Waals surface area contributed by atoms with Crippen molar-refractivity contribution in [2.45, 2.75) is 13.0 Å². The first-order valence-electron chi connectivity index (χ1n) is 5.86. The molecule has 0 aliphatic rings. The second kappa shape index (κ2) is 5.56. The molecule has 0 bridgehead atoms. The highest BCUT2D eigenvalue weighted by Gasteiger charge is 2.20. The maximum atomic E-state index is 11.8. The first-order chi connectivity index (χ1) is 9.74. The Hall–Kier alpha value is -1.99. The second-order valence-corrected chi connectivity index (χ2v) is 5.84. The molecule has 3 rings (SSSR count). The average Bonchev–Trinajstić information content (AvgIpc) is 3.19. The third-order valence-electron chi connectivity index (χ3n) is 2.53. The number of hydrogen-bond donors (Lipinski definition) is 0. The molecule has 1 atom stereocenters. The van der Waals surface area contributed by atoms with Crippen molar-refractivity contribution in [1.29, 1.82) is 0 Å². The molecule has 0 fully saturated rings. The molecule has 20 heavy (non-hydrogen) atoms. The van der Waals surface area contributed by atoms with Crippen molar-refractivity contribution in [2.24, 2.45) is 0 Å². The molecule has 3 heterocycles. The number of carbonyl (C=O) groups is 1. The van der Waals surface area contributed by atoms with E-state index >= 15 is 0 Å². The highest BCUT2D eigenvalue weighted by Crippen LogP contribution is 2.26. The van der Waals surface area contributed by atoms with Gasteiger partial charge in [-0.1, -0.05) is 12.1 Å². The van der Waals surface area contributed by atoms with Crippen LogP contribution in [-0.4, -0.2) is 16.2 Å². The second-order valence-electron chi connectivity index (χ2n) is 3.95. The van der Waals surface area contributed by atoms with Crippen LogP contribution in [-0.2, 0) is 4.74 Å². The molecular formula is C13H10N2O3S2. The molecular weight excluding hydrogens is 296 g/mol. The van der Waals surface area contributed by atoms with E-state index in [9.17, 15) is 4.79 Å². The number of esters is 1. The smallest absolute Gasteiger partial charge is 0.349 e. The molecule has 0 spiro atoms. The van der Waals surface area contributed by atoms with Gasteiger partial charge in [0.15, 0.2) is 6.10 Å². The fraction of sp³-hybridized carbons (Fsp3) is 0.154. The topological polar surface area (TPSA) is 65.2 Å². The van der Waals surface area contributed by atoms with E-state index in [1.165, 1.54) is 22.7 Å². The summed E-state index contributed by atoms with van der Waals surface area (Å²) in [6, 6.07) is 7.31. The van der Waals surface area contributed by atoms with Crippen molar-refractivity contribution < 1.29 is 13.9 Å². The minimum Gasteiger partial charge on any atom is -0.448 e. The average molecular weight is 306 g/mol. The molecule has 3 aromatic rings. The number of rotatable bonds is 4. The summed E-state index contributed by atoms with van der Waals surface area (Å²) in [5, 5.41) is 11.6.